The van der Waals surface area contributed by atoms with E-state index in [1.54, 1.807) is 24.3 Å². The summed E-state index contributed by atoms with van der Waals surface area (Å²) in [5, 5.41) is 0.0887. The molecule has 0 spiro atoms. The number of rotatable bonds is 4. The van der Waals surface area contributed by atoms with Crippen LogP contribution in [0, 0.1) is 0 Å². The van der Waals surface area contributed by atoms with Gasteiger partial charge in [-0.3, -0.25) is 0 Å². The Bertz CT molecular complexity index is 758. The minimum atomic E-state index is -3.84. The molecule has 0 fully saturated rings. The Kier molecular flexibility index (Phi) is 5.16. The Morgan fingerprint density at radius 3 is 2.29 bits per heavy atom. The number of benzene rings is 2. The van der Waals surface area contributed by atoms with Gasteiger partial charge >= 0.3 is 0 Å². The van der Waals surface area contributed by atoms with Crippen molar-refractivity contribution >= 4 is 54.8 Å². The molecule has 0 amide bonds. The van der Waals surface area contributed by atoms with E-state index in [9.17, 15) is 8.42 Å². The summed E-state index contributed by atoms with van der Waals surface area (Å²) in [4.78, 5) is -0.150. The quantitative estimate of drug-likeness (QED) is 0.754. The normalized spacial score (nSPS) is 11.6. The molecule has 8 heteroatoms. The summed E-state index contributed by atoms with van der Waals surface area (Å²) in [6.07, 6.45) is 0. The van der Waals surface area contributed by atoms with Crippen LogP contribution in [0.15, 0.2) is 45.8 Å². The van der Waals surface area contributed by atoms with Gasteiger partial charge in [0.25, 0.3) is 0 Å². The number of anilines is 1. The maximum absolute atomic E-state index is 12.3. The predicted molar refractivity (Wildman–Crippen MR) is 89.0 cm³/mol. The van der Waals surface area contributed by atoms with Gasteiger partial charge in [0, 0.05) is 16.7 Å². The molecule has 0 aliphatic rings. The molecule has 0 atom stereocenters. The Labute approximate surface area is 141 Å². The highest BCUT2D eigenvalue weighted by Crippen LogP contribution is 2.32. The van der Waals surface area contributed by atoms with E-state index in [1.807, 2.05) is 0 Å². The number of sulfonamides is 1. The van der Waals surface area contributed by atoms with Gasteiger partial charge in [-0.1, -0.05) is 57.3 Å². The summed E-state index contributed by atoms with van der Waals surface area (Å²) >= 11 is 15.1. The van der Waals surface area contributed by atoms with Crippen LogP contribution in [0.3, 0.4) is 0 Å². The molecule has 0 aliphatic carbocycles. The van der Waals surface area contributed by atoms with Crippen molar-refractivity contribution in [3.05, 3.63) is 56.5 Å². The van der Waals surface area contributed by atoms with Crippen LogP contribution in [-0.4, -0.2) is 8.42 Å². The number of hydrogen-bond donors (Lipinski definition) is 2. The molecule has 0 unspecified atom stereocenters. The smallest absolute Gasteiger partial charge is 0.243 e. The van der Waals surface area contributed by atoms with E-state index < -0.39 is 10.0 Å². The Morgan fingerprint density at radius 2 is 1.71 bits per heavy atom. The highest BCUT2D eigenvalue weighted by molar-refractivity contribution is 9.10. The SMILES string of the molecule is Nc1ccccc1CNS(=O)(=O)c1c(Cl)cc(Br)cc1Cl. The van der Waals surface area contributed by atoms with E-state index in [0.29, 0.717) is 15.7 Å². The average Bonchev–Trinajstić information content (AvgIpc) is 2.36. The Hall–Kier alpha value is -0.790. The van der Waals surface area contributed by atoms with Crippen molar-refractivity contribution in [3.63, 3.8) is 0 Å². The summed E-state index contributed by atoms with van der Waals surface area (Å²) in [6, 6.07) is 9.93. The molecule has 3 N–H and O–H groups in total. The molecule has 21 heavy (non-hydrogen) atoms. The third kappa shape index (κ3) is 3.90. The summed E-state index contributed by atoms with van der Waals surface area (Å²) in [6.45, 7) is 0.0533. The van der Waals surface area contributed by atoms with E-state index in [1.165, 1.54) is 12.1 Å². The van der Waals surface area contributed by atoms with E-state index in [0.717, 1.165) is 0 Å². The van der Waals surface area contributed by atoms with E-state index in [2.05, 4.69) is 20.7 Å². The number of halogens is 3. The number of nitrogens with two attached hydrogens (primary N) is 1. The van der Waals surface area contributed by atoms with Gasteiger partial charge in [0.05, 0.1) is 10.0 Å². The molecule has 0 radical (unpaired) electrons. The lowest BCUT2D eigenvalue weighted by Gasteiger charge is -2.11. The molecule has 0 aliphatic heterocycles. The first-order chi connectivity index (χ1) is 9.81. The zero-order valence-corrected chi connectivity index (χ0v) is 14.5. The molecule has 2 rings (SSSR count). The Balaban J connectivity index is 2.30. The van der Waals surface area contributed by atoms with E-state index in [-0.39, 0.29) is 21.5 Å². The topological polar surface area (TPSA) is 72.2 Å². The lowest BCUT2D eigenvalue weighted by Crippen LogP contribution is -2.24. The first-order valence-electron chi connectivity index (χ1n) is 5.79. The number of nitrogens with one attached hydrogen (secondary N) is 1. The molecule has 2 aromatic rings. The van der Waals surface area contributed by atoms with Gasteiger partial charge in [-0.25, -0.2) is 13.1 Å². The zero-order valence-electron chi connectivity index (χ0n) is 10.6. The fourth-order valence-electron chi connectivity index (χ4n) is 1.73. The van der Waals surface area contributed by atoms with Crippen molar-refractivity contribution in [1.29, 1.82) is 0 Å². The van der Waals surface area contributed by atoms with Crippen molar-refractivity contribution < 1.29 is 8.42 Å². The monoisotopic (exact) mass is 408 g/mol. The molecular weight excluding hydrogens is 399 g/mol. The van der Waals surface area contributed by atoms with Gasteiger partial charge in [0.15, 0.2) is 0 Å². The third-order valence-electron chi connectivity index (χ3n) is 2.74. The molecule has 0 saturated heterocycles. The fraction of sp³-hybridized carbons (Fsp3) is 0.0769. The number of hydrogen-bond acceptors (Lipinski definition) is 3. The fourth-order valence-corrected chi connectivity index (χ4v) is 4.66. The molecule has 112 valence electrons. The molecule has 0 saturated carbocycles. The molecule has 0 aromatic heterocycles. The minimum Gasteiger partial charge on any atom is -0.398 e. The van der Waals surface area contributed by atoms with Crippen molar-refractivity contribution in [2.45, 2.75) is 11.4 Å². The van der Waals surface area contributed by atoms with Gasteiger partial charge in [0.2, 0.25) is 10.0 Å². The minimum absolute atomic E-state index is 0.0444. The first kappa shape index (κ1) is 16.6. The van der Waals surface area contributed by atoms with Crippen LogP contribution in [0.5, 0.6) is 0 Å². The number of para-hydroxylation sites is 1. The second-order valence-electron chi connectivity index (χ2n) is 4.22. The van der Waals surface area contributed by atoms with Crippen molar-refractivity contribution in [3.8, 4) is 0 Å². The standard InChI is InChI=1S/C13H11BrCl2N2O2S/c14-9-5-10(15)13(11(16)6-9)21(19,20)18-7-8-3-1-2-4-12(8)17/h1-6,18H,7,17H2. The van der Waals surface area contributed by atoms with E-state index in [4.69, 9.17) is 28.9 Å². The van der Waals surface area contributed by atoms with Gasteiger partial charge in [-0.2, -0.15) is 0 Å². The van der Waals surface area contributed by atoms with E-state index >= 15 is 0 Å². The summed E-state index contributed by atoms with van der Waals surface area (Å²) < 4.78 is 27.7. The van der Waals surface area contributed by atoms with Crippen LogP contribution in [0.4, 0.5) is 5.69 Å². The van der Waals surface area contributed by atoms with Crippen LogP contribution >= 0.6 is 39.1 Å². The maximum atomic E-state index is 12.3. The average molecular weight is 410 g/mol. The molecule has 0 heterocycles. The van der Waals surface area contributed by atoms with Gasteiger partial charge in [-0.15, -0.1) is 0 Å². The maximum Gasteiger partial charge on any atom is 0.243 e. The van der Waals surface area contributed by atoms with Gasteiger partial charge in [-0.05, 0) is 23.8 Å². The van der Waals surface area contributed by atoms with Gasteiger partial charge < -0.3 is 5.73 Å². The molecule has 0 bridgehead atoms. The van der Waals surface area contributed by atoms with Crippen LogP contribution in [0.1, 0.15) is 5.56 Å². The van der Waals surface area contributed by atoms with Crippen LogP contribution in [0.2, 0.25) is 10.0 Å². The summed E-state index contributed by atoms with van der Waals surface area (Å²) in [7, 11) is -3.84. The molecular formula is C13H11BrCl2N2O2S. The number of nitrogen functional groups attached to an aromatic ring is 1. The third-order valence-corrected chi connectivity index (χ3v) is 5.52. The predicted octanol–water partition coefficient (Wildman–Crippen LogP) is 3.82. The van der Waals surface area contributed by atoms with Crippen molar-refractivity contribution in [2.24, 2.45) is 0 Å². The molecule has 2 aromatic carbocycles. The molecule has 4 nitrogen and oxygen atoms in total. The van der Waals surface area contributed by atoms with Crippen LogP contribution < -0.4 is 10.5 Å². The largest absolute Gasteiger partial charge is 0.398 e. The lowest BCUT2D eigenvalue weighted by molar-refractivity contribution is 0.581. The lowest BCUT2D eigenvalue weighted by atomic mass is 10.2. The van der Waals surface area contributed by atoms with Crippen LogP contribution in [-0.2, 0) is 16.6 Å². The van der Waals surface area contributed by atoms with Crippen LogP contribution in [0.25, 0.3) is 0 Å². The van der Waals surface area contributed by atoms with Crippen molar-refractivity contribution in [2.75, 3.05) is 5.73 Å². The second kappa shape index (κ2) is 6.54. The summed E-state index contributed by atoms with van der Waals surface area (Å²) in [5.41, 5.74) is 6.95. The first-order valence-corrected chi connectivity index (χ1v) is 8.82. The van der Waals surface area contributed by atoms with Gasteiger partial charge in [0.1, 0.15) is 4.90 Å². The highest BCUT2D eigenvalue weighted by atomic mass is 79.9. The zero-order chi connectivity index (χ0) is 15.6. The van der Waals surface area contributed by atoms with Crippen molar-refractivity contribution in [1.82, 2.24) is 4.72 Å². The highest BCUT2D eigenvalue weighted by Gasteiger charge is 2.22. The summed E-state index contributed by atoms with van der Waals surface area (Å²) in [5.74, 6) is 0. The second-order valence-corrected chi connectivity index (χ2v) is 7.66. The Morgan fingerprint density at radius 1 is 1.14 bits per heavy atom.